The van der Waals surface area contributed by atoms with E-state index in [1.807, 2.05) is 18.2 Å². The van der Waals surface area contributed by atoms with Crippen molar-refractivity contribution in [1.29, 1.82) is 0 Å². The average molecular weight is 300 g/mol. The topological polar surface area (TPSA) is 57.5 Å². The summed E-state index contributed by atoms with van der Waals surface area (Å²) in [4.78, 5) is 10.2. The highest BCUT2D eigenvalue weighted by atomic mass is 16.4. The molecule has 2 rings (SSSR count). The average Bonchev–Trinajstić information content (AvgIpc) is 2.48. The molecular weight excluding hydrogens is 276 g/mol. The fourth-order valence-corrected chi connectivity index (χ4v) is 2.09. The van der Waals surface area contributed by atoms with Crippen molar-refractivity contribution in [2.24, 2.45) is 0 Å². The van der Waals surface area contributed by atoms with Gasteiger partial charge >= 0.3 is 5.97 Å². The lowest BCUT2D eigenvalue weighted by molar-refractivity contribution is 0.0697. The summed E-state index contributed by atoms with van der Waals surface area (Å²) in [5.41, 5.74) is 2.43. The zero-order valence-corrected chi connectivity index (χ0v) is 13.6. The summed E-state index contributed by atoms with van der Waals surface area (Å²) in [5, 5.41) is 18.3. The molecule has 3 heteroatoms. The Bertz CT molecular complexity index is 575. The molecule has 0 amide bonds. The van der Waals surface area contributed by atoms with Crippen LogP contribution >= 0.6 is 0 Å². The van der Waals surface area contributed by atoms with Gasteiger partial charge in [-0.05, 0) is 35.1 Å². The van der Waals surface area contributed by atoms with Crippen molar-refractivity contribution in [2.45, 2.75) is 39.5 Å². The molecule has 0 aromatic heterocycles. The molecule has 0 fully saturated rings. The number of hydrogen-bond donors (Lipinski definition) is 2. The Balaban J connectivity index is 0.000000235. The monoisotopic (exact) mass is 300 g/mol. The van der Waals surface area contributed by atoms with E-state index < -0.39 is 5.97 Å². The first-order chi connectivity index (χ1) is 10.3. The molecule has 0 radical (unpaired) electrons. The van der Waals surface area contributed by atoms with Crippen molar-refractivity contribution < 1.29 is 15.0 Å². The second-order valence-corrected chi connectivity index (χ2v) is 5.77. The van der Waals surface area contributed by atoms with Gasteiger partial charge in [0.15, 0.2) is 0 Å². The Morgan fingerprint density at radius 3 is 1.59 bits per heavy atom. The maximum Gasteiger partial charge on any atom is 0.335 e. The molecule has 0 spiro atoms. The van der Waals surface area contributed by atoms with Crippen LogP contribution in [-0.4, -0.2) is 16.2 Å². The van der Waals surface area contributed by atoms with Crippen molar-refractivity contribution in [3.8, 4) is 5.75 Å². The Morgan fingerprint density at radius 2 is 1.27 bits per heavy atom. The van der Waals surface area contributed by atoms with Gasteiger partial charge in [0.05, 0.1) is 5.56 Å². The second kappa shape index (κ2) is 8.23. The molecule has 0 aliphatic heterocycles. The van der Waals surface area contributed by atoms with E-state index in [9.17, 15) is 9.90 Å². The molecule has 0 unspecified atom stereocenters. The Kier molecular flexibility index (Phi) is 6.64. The van der Waals surface area contributed by atoms with Gasteiger partial charge in [0.1, 0.15) is 5.75 Å². The van der Waals surface area contributed by atoms with Crippen LogP contribution in [0.25, 0.3) is 0 Å². The molecule has 0 atom stereocenters. The molecule has 2 N–H and O–H groups in total. The van der Waals surface area contributed by atoms with Gasteiger partial charge in [-0.3, -0.25) is 0 Å². The molecule has 118 valence electrons. The van der Waals surface area contributed by atoms with E-state index in [1.54, 1.807) is 30.3 Å². The fourth-order valence-electron chi connectivity index (χ4n) is 2.09. The van der Waals surface area contributed by atoms with E-state index >= 15 is 0 Å². The second-order valence-electron chi connectivity index (χ2n) is 5.77. The summed E-state index contributed by atoms with van der Waals surface area (Å²) in [7, 11) is 0. The maximum absolute atomic E-state index is 10.2. The van der Waals surface area contributed by atoms with Gasteiger partial charge in [-0.15, -0.1) is 0 Å². The normalized spacial score (nSPS) is 10.3. The van der Waals surface area contributed by atoms with Crippen molar-refractivity contribution in [3.05, 3.63) is 65.2 Å². The number of phenols is 1. The number of rotatable bonds is 3. The molecule has 2 aromatic rings. The van der Waals surface area contributed by atoms with E-state index in [0.717, 1.165) is 11.1 Å². The quantitative estimate of drug-likeness (QED) is 0.836. The summed E-state index contributed by atoms with van der Waals surface area (Å²) in [6.07, 6.45) is 0. The van der Waals surface area contributed by atoms with Crippen LogP contribution in [-0.2, 0) is 0 Å². The third-order valence-electron chi connectivity index (χ3n) is 3.36. The number of carboxylic acids is 1. The van der Waals surface area contributed by atoms with Gasteiger partial charge in [-0.1, -0.05) is 64.1 Å². The van der Waals surface area contributed by atoms with Gasteiger partial charge in [0.2, 0.25) is 0 Å². The first kappa shape index (κ1) is 17.8. The number of phenolic OH excluding ortho intramolecular Hbond substituents is 1. The number of aromatic carboxylic acids is 1. The molecular formula is C19H24O3. The summed E-state index contributed by atoms with van der Waals surface area (Å²) < 4.78 is 0. The van der Waals surface area contributed by atoms with Crippen LogP contribution in [0.15, 0.2) is 48.5 Å². The van der Waals surface area contributed by atoms with Gasteiger partial charge in [-0.2, -0.15) is 0 Å². The smallest absolute Gasteiger partial charge is 0.335 e. The molecule has 2 aromatic carbocycles. The van der Waals surface area contributed by atoms with Crippen LogP contribution in [0.4, 0.5) is 0 Å². The van der Waals surface area contributed by atoms with Gasteiger partial charge in [-0.25, -0.2) is 4.79 Å². The minimum atomic E-state index is -0.879. The van der Waals surface area contributed by atoms with E-state index in [0.29, 0.717) is 23.1 Å². The lowest BCUT2D eigenvalue weighted by Crippen LogP contribution is -1.94. The first-order valence-corrected chi connectivity index (χ1v) is 7.44. The number of carbonyl (C=O) groups is 1. The van der Waals surface area contributed by atoms with Crippen LogP contribution in [0.1, 0.15) is 61.0 Å². The van der Waals surface area contributed by atoms with Crippen molar-refractivity contribution >= 4 is 5.97 Å². The highest BCUT2D eigenvalue weighted by molar-refractivity contribution is 5.87. The molecule has 0 heterocycles. The van der Waals surface area contributed by atoms with Crippen LogP contribution in [0.2, 0.25) is 0 Å². The summed E-state index contributed by atoms with van der Waals surface area (Å²) in [6, 6.07) is 14.3. The van der Waals surface area contributed by atoms with E-state index in [2.05, 4.69) is 27.7 Å². The van der Waals surface area contributed by atoms with Gasteiger partial charge in [0, 0.05) is 0 Å². The molecule has 0 aliphatic rings. The minimum absolute atomic E-state index is 0.331. The number of aromatic hydroxyl groups is 1. The zero-order valence-electron chi connectivity index (χ0n) is 13.6. The standard InChI is InChI=1S/C12H18O.C7H6O2/c1-8(2)10-6-5-7-11(9(3)4)12(10)13;8-7(9)6-4-2-1-3-5-6/h5-9,13H,1-4H3;1-5H,(H,8,9). The number of benzene rings is 2. The van der Waals surface area contributed by atoms with E-state index in [-0.39, 0.29) is 0 Å². The Morgan fingerprint density at radius 1 is 0.818 bits per heavy atom. The zero-order chi connectivity index (χ0) is 16.7. The summed E-state index contributed by atoms with van der Waals surface area (Å²) in [5.74, 6) is 0.375. The van der Waals surface area contributed by atoms with E-state index in [1.165, 1.54) is 0 Å². The number of para-hydroxylation sites is 1. The SMILES string of the molecule is CC(C)c1cccc(C(C)C)c1O.O=C(O)c1ccccc1. The molecule has 0 bridgehead atoms. The highest BCUT2D eigenvalue weighted by Gasteiger charge is 2.11. The predicted octanol–water partition coefficient (Wildman–Crippen LogP) is 5.02. The maximum atomic E-state index is 10.2. The van der Waals surface area contributed by atoms with Crippen molar-refractivity contribution in [3.63, 3.8) is 0 Å². The summed E-state index contributed by atoms with van der Waals surface area (Å²) >= 11 is 0. The van der Waals surface area contributed by atoms with E-state index in [4.69, 9.17) is 5.11 Å². The third kappa shape index (κ3) is 4.92. The molecule has 0 saturated heterocycles. The highest BCUT2D eigenvalue weighted by Crippen LogP contribution is 2.32. The van der Waals surface area contributed by atoms with Crippen LogP contribution in [0.3, 0.4) is 0 Å². The number of carboxylic acid groups (broad SMARTS) is 1. The van der Waals surface area contributed by atoms with Crippen molar-refractivity contribution in [2.75, 3.05) is 0 Å². The molecule has 3 nitrogen and oxygen atoms in total. The van der Waals surface area contributed by atoms with Crippen LogP contribution in [0, 0.1) is 0 Å². The fraction of sp³-hybridized carbons (Fsp3) is 0.316. The molecule has 0 saturated carbocycles. The summed E-state index contributed by atoms with van der Waals surface area (Å²) in [6.45, 7) is 8.39. The lowest BCUT2D eigenvalue weighted by Gasteiger charge is -2.14. The van der Waals surface area contributed by atoms with Crippen LogP contribution in [0.5, 0.6) is 5.75 Å². The predicted molar refractivity (Wildman–Crippen MR) is 89.7 cm³/mol. The van der Waals surface area contributed by atoms with Gasteiger partial charge in [0.25, 0.3) is 0 Å². The van der Waals surface area contributed by atoms with Crippen LogP contribution < -0.4 is 0 Å². The Hall–Kier alpha value is -2.29. The molecule has 22 heavy (non-hydrogen) atoms. The largest absolute Gasteiger partial charge is 0.507 e. The number of hydrogen-bond acceptors (Lipinski definition) is 2. The van der Waals surface area contributed by atoms with Gasteiger partial charge < -0.3 is 10.2 Å². The molecule has 0 aliphatic carbocycles. The minimum Gasteiger partial charge on any atom is -0.507 e. The Labute approximate surface area is 132 Å². The lowest BCUT2D eigenvalue weighted by atomic mass is 9.94. The third-order valence-corrected chi connectivity index (χ3v) is 3.36. The van der Waals surface area contributed by atoms with Crippen molar-refractivity contribution in [1.82, 2.24) is 0 Å². The first-order valence-electron chi connectivity index (χ1n) is 7.44.